The monoisotopic (exact) mass is 936 g/mol. The summed E-state index contributed by atoms with van der Waals surface area (Å²) in [6.07, 6.45) is 7.57. The molecule has 5 aliphatic rings. The summed E-state index contributed by atoms with van der Waals surface area (Å²) in [5.41, 5.74) is 5.60. The Labute approximate surface area is 403 Å². The standard InChI is InChI=1S/C56H69N5O6Si/c1-38(2)14-13-15-39(3)26-31-58-49-25-20-44(60-37-61(43-18-9-8-10-19-43)55(53(60)64)27-29-57-30-28-55)33-48(49)56(54(58)65)40(4)52(68(6,7)47-23-21-46(66-5)22-24-47)50(67-56)34-51(63)59-35-42-17-12-11-16-41(42)32-45(59)36-62/h8-12,14,16-26,33,40,45,50,52,57,62H,13,15,27-32,34-37H2,1-7H3/b39-26+/t40-,45+,50+,52-,56+/m1/s1. The van der Waals surface area contributed by atoms with Crippen LogP contribution in [0.3, 0.4) is 0 Å². The van der Waals surface area contributed by atoms with Crippen molar-refractivity contribution in [3.05, 3.63) is 137 Å². The fourth-order valence-electron chi connectivity index (χ4n) is 12.3. The van der Waals surface area contributed by atoms with E-state index in [1.807, 2.05) is 69.3 Å². The van der Waals surface area contributed by atoms with Crippen LogP contribution in [-0.2, 0) is 37.7 Å². The largest absolute Gasteiger partial charge is 0.497 e. The lowest BCUT2D eigenvalue weighted by Gasteiger charge is -2.39. The molecule has 5 heterocycles. The molecule has 3 fully saturated rings. The minimum absolute atomic E-state index is 0.0564. The van der Waals surface area contributed by atoms with Crippen LogP contribution in [0, 0.1) is 5.92 Å². The summed E-state index contributed by atoms with van der Waals surface area (Å²) < 4.78 is 13.1. The van der Waals surface area contributed by atoms with Crippen LogP contribution in [0.25, 0.3) is 0 Å². The fourth-order valence-corrected chi connectivity index (χ4v) is 16.3. The number of allylic oxidation sites excluding steroid dienone is 3. The molecule has 5 atom stereocenters. The molecule has 4 aromatic rings. The molecule has 0 unspecified atom stereocenters. The number of nitrogens with zero attached hydrogens (tertiary/aromatic N) is 4. The van der Waals surface area contributed by atoms with Crippen molar-refractivity contribution in [1.82, 2.24) is 10.2 Å². The van der Waals surface area contributed by atoms with Gasteiger partial charge >= 0.3 is 0 Å². The Morgan fingerprint density at radius 3 is 2.29 bits per heavy atom. The number of anilines is 3. The zero-order chi connectivity index (χ0) is 48.0. The minimum atomic E-state index is -2.62. The number of rotatable bonds is 13. The Hall–Kier alpha value is -5.53. The number of methoxy groups -OCH3 is 1. The summed E-state index contributed by atoms with van der Waals surface area (Å²) in [5.74, 6) is 0.223. The van der Waals surface area contributed by atoms with Crippen LogP contribution in [0.2, 0.25) is 18.6 Å². The maximum atomic E-state index is 15.9. The molecule has 0 aliphatic carbocycles. The Kier molecular flexibility index (Phi) is 13.4. The molecule has 0 radical (unpaired) electrons. The molecule has 12 heteroatoms. The molecule has 0 aromatic heterocycles. The van der Waals surface area contributed by atoms with Crippen molar-refractivity contribution in [2.75, 3.05) is 54.7 Å². The maximum Gasteiger partial charge on any atom is 0.264 e. The number of aliphatic hydroxyl groups is 1. The van der Waals surface area contributed by atoms with Gasteiger partial charge in [-0.1, -0.05) is 103 Å². The summed E-state index contributed by atoms with van der Waals surface area (Å²) in [6.45, 7) is 15.6. The molecular formula is C56H69N5O6Si. The van der Waals surface area contributed by atoms with E-state index in [0.717, 1.165) is 65.4 Å². The highest BCUT2D eigenvalue weighted by atomic mass is 28.3. The first-order valence-corrected chi connectivity index (χ1v) is 27.7. The molecule has 358 valence electrons. The number of hydrogen-bond donors (Lipinski definition) is 2. The van der Waals surface area contributed by atoms with Gasteiger partial charge in [-0.15, -0.1) is 0 Å². The van der Waals surface area contributed by atoms with E-state index in [1.54, 1.807) is 7.11 Å². The second kappa shape index (κ2) is 19.1. The average Bonchev–Trinajstić information content (AvgIpc) is 3.89. The third-order valence-corrected chi connectivity index (χ3v) is 20.4. The Balaban J connectivity index is 1.15. The highest BCUT2D eigenvalue weighted by Crippen LogP contribution is 2.61. The summed E-state index contributed by atoms with van der Waals surface area (Å²) in [5, 5.41) is 15.3. The molecule has 2 N–H and O–H groups in total. The minimum Gasteiger partial charge on any atom is -0.497 e. The molecule has 3 amide bonds. The van der Waals surface area contributed by atoms with Crippen molar-refractivity contribution in [1.29, 1.82) is 0 Å². The number of ether oxygens (including phenoxy) is 2. The summed E-state index contributed by atoms with van der Waals surface area (Å²) in [6, 6.07) is 32.3. The number of para-hydroxylation sites is 1. The zero-order valence-corrected chi connectivity index (χ0v) is 42.0. The SMILES string of the molecule is COc1ccc([Si](C)(C)[C@H]2[C@H](CC(=O)N3Cc4ccccc4C[C@H]3CO)O[C@@]3(C(=O)N(C/C=C(\C)CCC=C(C)C)c4ccc(N5CN(c6ccccc6)C6(CCNCC6)C5=O)cc43)[C@@H]2C)cc1. The second-order valence-electron chi connectivity index (χ2n) is 20.6. The van der Waals surface area contributed by atoms with Gasteiger partial charge in [0.1, 0.15) is 11.3 Å². The normalized spacial score (nSPS) is 24.5. The van der Waals surface area contributed by atoms with Crippen LogP contribution in [-0.4, -0.2) is 93.5 Å². The summed E-state index contributed by atoms with van der Waals surface area (Å²) >= 11 is 0. The van der Waals surface area contributed by atoms with Gasteiger partial charge in [-0.25, -0.2) is 0 Å². The van der Waals surface area contributed by atoms with Crippen molar-refractivity contribution >= 4 is 48.0 Å². The number of benzene rings is 4. The van der Waals surface area contributed by atoms with Crippen LogP contribution in [0.15, 0.2) is 120 Å². The van der Waals surface area contributed by atoms with Crippen LogP contribution in [0.1, 0.15) is 76.5 Å². The van der Waals surface area contributed by atoms with E-state index >= 15 is 9.59 Å². The van der Waals surface area contributed by atoms with Gasteiger partial charge < -0.3 is 34.6 Å². The number of aliphatic hydroxyl groups excluding tert-OH is 1. The van der Waals surface area contributed by atoms with Gasteiger partial charge in [-0.05, 0) is 125 Å². The lowest BCUT2D eigenvalue weighted by Crippen LogP contribution is -2.55. The molecule has 68 heavy (non-hydrogen) atoms. The maximum absolute atomic E-state index is 15.9. The smallest absolute Gasteiger partial charge is 0.264 e. The predicted octanol–water partition coefficient (Wildman–Crippen LogP) is 8.22. The van der Waals surface area contributed by atoms with Crippen LogP contribution >= 0.6 is 0 Å². The molecule has 9 rings (SSSR count). The molecule has 4 aromatic carbocycles. The number of piperidine rings is 1. The van der Waals surface area contributed by atoms with E-state index in [1.165, 1.54) is 16.3 Å². The number of nitrogens with one attached hydrogen (secondary N) is 1. The Morgan fingerprint density at radius 2 is 1.60 bits per heavy atom. The number of fused-ring (bicyclic) bond motifs is 3. The van der Waals surface area contributed by atoms with E-state index in [4.69, 9.17) is 9.47 Å². The topological polar surface area (TPSA) is 115 Å². The summed E-state index contributed by atoms with van der Waals surface area (Å²) in [4.78, 5) is 53.8. The van der Waals surface area contributed by atoms with Crippen molar-refractivity contribution in [3.63, 3.8) is 0 Å². The predicted molar refractivity (Wildman–Crippen MR) is 273 cm³/mol. The van der Waals surface area contributed by atoms with E-state index < -0.39 is 25.3 Å². The lowest BCUT2D eigenvalue weighted by molar-refractivity contribution is -0.150. The van der Waals surface area contributed by atoms with Gasteiger partial charge in [0.25, 0.3) is 11.8 Å². The Morgan fingerprint density at radius 1 is 0.897 bits per heavy atom. The van der Waals surface area contributed by atoms with Crippen LogP contribution in [0.4, 0.5) is 17.1 Å². The third kappa shape index (κ3) is 8.30. The van der Waals surface area contributed by atoms with Gasteiger partial charge in [0.05, 0.1) is 52.7 Å². The van der Waals surface area contributed by atoms with Crippen LogP contribution in [0.5, 0.6) is 5.75 Å². The average molecular weight is 936 g/mol. The highest BCUT2D eigenvalue weighted by molar-refractivity contribution is 6.91. The molecule has 11 nitrogen and oxygen atoms in total. The van der Waals surface area contributed by atoms with Gasteiger partial charge in [0.2, 0.25) is 5.91 Å². The number of hydrogen-bond acceptors (Lipinski definition) is 8. The van der Waals surface area contributed by atoms with Crippen molar-refractivity contribution in [2.24, 2.45) is 5.92 Å². The van der Waals surface area contributed by atoms with Gasteiger partial charge in [0.15, 0.2) is 5.60 Å². The Bertz CT molecular complexity index is 2590. The van der Waals surface area contributed by atoms with E-state index in [-0.39, 0.29) is 48.3 Å². The second-order valence-corrected chi connectivity index (χ2v) is 25.3. The molecule has 3 saturated heterocycles. The number of carbonyl (C=O) groups excluding carboxylic acids is 3. The molecule has 5 aliphatic heterocycles. The number of amides is 3. The first-order valence-electron chi connectivity index (χ1n) is 24.6. The highest BCUT2D eigenvalue weighted by Gasteiger charge is 2.67. The van der Waals surface area contributed by atoms with Crippen LogP contribution < -0.4 is 29.9 Å². The molecule has 0 bridgehead atoms. The van der Waals surface area contributed by atoms with E-state index in [9.17, 15) is 9.90 Å². The fraction of sp³-hybridized carbons (Fsp3) is 0.446. The van der Waals surface area contributed by atoms with Gasteiger partial charge in [-0.3, -0.25) is 19.3 Å². The first-order chi connectivity index (χ1) is 32.7. The molecular weight excluding hydrogens is 867 g/mol. The van der Waals surface area contributed by atoms with Gasteiger partial charge in [-0.2, -0.15) is 0 Å². The van der Waals surface area contributed by atoms with E-state index in [0.29, 0.717) is 39.0 Å². The van der Waals surface area contributed by atoms with Crippen molar-refractivity contribution in [2.45, 2.75) is 115 Å². The third-order valence-electron chi connectivity index (χ3n) is 16.0. The number of carbonyl (C=O) groups is 3. The molecule has 2 spiro atoms. The first kappa shape index (κ1) is 47.5. The van der Waals surface area contributed by atoms with E-state index in [2.05, 4.69) is 106 Å². The molecule has 0 saturated carbocycles. The van der Waals surface area contributed by atoms with Crippen molar-refractivity contribution < 1.29 is 29.0 Å². The summed E-state index contributed by atoms with van der Waals surface area (Å²) in [7, 11) is -0.959. The van der Waals surface area contributed by atoms with Crippen molar-refractivity contribution in [3.8, 4) is 5.75 Å². The van der Waals surface area contributed by atoms with Gasteiger partial charge in [0, 0.05) is 35.9 Å². The quantitative estimate of drug-likeness (QED) is 0.102. The zero-order valence-electron chi connectivity index (χ0n) is 41.0. The lowest BCUT2D eigenvalue weighted by atomic mass is 9.82.